The molecule has 3 atom stereocenters. The van der Waals surface area contributed by atoms with Crippen molar-refractivity contribution in [2.75, 3.05) is 14.1 Å². The Hall–Kier alpha value is 0.420. The van der Waals surface area contributed by atoms with Crippen molar-refractivity contribution >= 4 is 34.2 Å². The van der Waals surface area contributed by atoms with Gasteiger partial charge in [-0.25, -0.2) is 0 Å². The fourth-order valence-electron chi connectivity index (χ4n) is 5.61. The van der Waals surface area contributed by atoms with Crippen molar-refractivity contribution in [1.29, 1.82) is 0 Å². The van der Waals surface area contributed by atoms with Crippen LogP contribution in [0.5, 0.6) is 0 Å². The summed E-state index contributed by atoms with van der Waals surface area (Å²) in [4.78, 5) is 2.39. The molecule has 3 fully saturated rings. The monoisotopic (exact) mass is 449 g/mol. The number of halogens is 2. The Balaban J connectivity index is 2.07. The Labute approximate surface area is 159 Å². The topological polar surface area (TPSA) is 23.5 Å². The lowest BCUT2D eigenvalue weighted by Gasteiger charge is -2.66. The maximum atomic E-state index is 11.2. The van der Waals surface area contributed by atoms with Gasteiger partial charge < -0.3 is 10.0 Å². The molecule has 0 aromatic heterocycles. The Morgan fingerprint density at radius 2 is 1.78 bits per heavy atom. The Kier molecular flexibility index (Phi) is 4.53. The molecular formula is C19H29ClINO. The van der Waals surface area contributed by atoms with Gasteiger partial charge in [0, 0.05) is 19.9 Å². The van der Waals surface area contributed by atoms with Crippen LogP contribution in [0.25, 0.3) is 0 Å². The van der Waals surface area contributed by atoms with Crippen molar-refractivity contribution in [1.82, 2.24) is 4.90 Å². The third-order valence-corrected chi connectivity index (χ3v) is 9.22. The van der Waals surface area contributed by atoms with Crippen LogP contribution in [-0.2, 0) is 0 Å². The molecule has 3 saturated carbocycles. The lowest BCUT2D eigenvalue weighted by Crippen LogP contribution is -2.65. The molecule has 2 nitrogen and oxygen atoms in total. The van der Waals surface area contributed by atoms with Gasteiger partial charge in [0.25, 0.3) is 0 Å². The van der Waals surface area contributed by atoms with Gasteiger partial charge in [-0.05, 0) is 94.1 Å². The lowest BCUT2D eigenvalue weighted by atomic mass is 9.44. The molecule has 0 heterocycles. The van der Waals surface area contributed by atoms with Crippen LogP contribution in [0.3, 0.4) is 0 Å². The second kappa shape index (κ2) is 5.72. The summed E-state index contributed by atoms with van der Waals surface area (Å²) >= 11 is 9.38. The van der Waals surface area contributed by atoms with Crippen LogP contribution in [-0.4, -0.2) is 41.1 Å². The van der Waals surface area contributed by atoms with Crippen LogP contribution in [0, 0.1) is 10.8 Å². The maximum absolute atomic E-state index is 11.2. The smallest absolute Gasteiger partial charge is 0.0943 e. The average Bonchev–Trinajstić information content (AvgIpc) is 2.52. The third-order valence-electron chi connectivity index (χ3n) is 7.75. The van der Waals surface area contributed by atoms with Gasteiger partial charge >= 0.3 is 0 Å². The number of aliphatic hydroxyl groups is 1. The number of fused-ring (bicyclic) bond motifs is 3. The fraction of sp³-hybridized carbons (Fsp3) is 0.789. The first-order chi connectivity index (χ1) is 10.6. The predicted molar refractivity (Wildman–Crippen MR) is 106 cm³/mol. The molecule has 0 aromatic rings. The highest BCUT2D eigenvalue weighted by molar-refractivity contribution is 14.1. The number of alkyl halides is 1. The van der Waals surface area contributed by atoms with E-state index in [2.05, 4.69) is 68.4 Å². The van der Waals surface area contributed by atoms with E-state index in [1.54, 1.807) is 0 Å². The first kappa shape index (κ1) is 18.2. The van der Waals surface area contributed by atoms with Crippen LogP contribution in [0.1, 0.15) is 52.9 Å². The predicted octanol–water partition coefficient (Wildman–Crippen LogP) is 4.89. The van der Waals surface area contributed by atoms with Gasteiger partial charge in [0.15, 0.2) is 0 Å². The minimum atomic E-state index is -0.432. The number of hydrogen-bond acceptors (Lipinski definition) is 2. The molecule has 2 bridgehead atoms. The van der Waals surface area contributed by atoms with E-state index in [-0.39, 0.29) is 21.7 Å². The van der Waals surface area contributed by atoms with Gasteiger partial charge in [0.1, 0.15) is 0 Å². The molecule has 0 saturated heterocycles. The SMILES string of the molecule is CC1=C(C)C(C)(C23CCC(N(C)C)(CC2)CC3Cl)C(O)C(I)=C1. The van der Waals surface area contributed by atoms with Crippen LogP contribution >= 0.6 is 34.2 Å². The number of rotatable bonds is 2. The van der Waals surface area contributed by atoms with Gasteiger partial charge in [-0.1, -0.05) is 18.1 Å². The van der Waals surface area contributed by atoms with Gasteiger partial charge in [-0.15, -0.1) is 11.6 Å². The van der Waals surface area contributed by atoms with E-state index in [0.717, 1.165) is 22.8 Å². The van der Waals surface area contributed by atoms with Crippen molar-refractivity contribution in [3.05, 3.63) is 20.8 Å². The quantitative estimate of drug-likeness (QED) is 0.479. The van der Waals surface area contributed by atoms with Crippen molar-refractivity contribution < 1.29 is 5.11 Å². The van der Waals surface area contributed by atoms with Crippen molar-refractivity contribution in [3.63, 3.8) is 0 Å². The normalized spacial score (nSPS) is 47.3. The summed E-state index contributed by atoms with van der Waals surface area (Å²) in [6.45, 7) is 6.65. The van der Waals surface area contributed by atoms with E-state index in [1.165, 1.54) is 24.0 Å². The van der Waals surface area contributed by atoms with Crippen LogP contribution < -0.4 is 0 Å². The molecule has 0 amide bonds. The summed E-state index contributed by atoms with van der Waals surface area (Å²) in [5, 5.41) is 11.3. The largest absolute Gasteiger partial charge is 0.387 e. The molecule has 0 spiro atoms. The van der Waals surface area contributed by atoms with E-state index < -0.39 is 6.10 Å². The Bertz CT molecular complexity index is 574. The molecule has 130 valence electrons. The van der Waals surface area contributed by atoms with Crippen LogP contribution in [0.15, 0.2) is 20.8 Å². The van der Waals surface area contributed by atoms with Gasteiger partial charge in [-0.2, -0.15) is 0 Å². The number of allylic oxidation sites excluding steroid dienone is 2. The molecular weight excluding hydrogens is 421 g/mol. The van der Waals surface area contributed by atoms with E-state index in [9.17, 15) is 5.11 Å². The number of aliphatic hydroxyl groups excluding tert-OH is 1. The average molecular weight is 450 g/mol. The Morgan fingerprint density at radius 1 is 1.22 bits per heavy atom. The molecule has 4 aliphatic rings. The summed E-state index contributed by atoms with van der Waals surface area (Å²) in [7, 11) is 4.39. The van der Waals surface area contributed by atoms with Gasteiger partial charge in [-0.3, -0.25) is 0 Å². The zero-order valence-corrected chi connectivity index (χ0v) is 17.8. The molecule has 1 N–H and O–H groups in total. The first-order valence-corrected chi connectivity index (χ1v) is 10.2. The highest BCUT2D eigenvalue weighted by Gasteiger charge is 2.64. The summed E-state index contributed by atoms with van der Waals surface area (Å²) < 4.78 is 1.06. The third kappa shape index (κ3) is 2.25. The maximum Gasteiger partial charge on any atom is 0.0943 e. The zero-order chi connectivity index (χ0) is 17.2. The minimum Gasteiger partial charge on any atom is -0.387 e. The van der Waals surface area contributed by atoms with Crippen molar-refractivity contribution in [2.24, 2.45) is 10.8 Å². The second-order valence-electron chi connectivity index (χ2n) is 8.39. The number of hydrogen-bond donors (Lipinski definition) is 1. The van der Waals surface area contributed by atoms with Crippen LogP contribution in [0.4, 0.5) is 0 Å². The molecule has 0 radical (unpaired) electrons. The zero-order valence-electron chi connectivity index (χ0n) is 14.9. The highest BCUT2D eigenvalue weighted by Crippen LogP contribution is 2.67. The standard InChI is InChI=1S/C19H29ClINO/c1-12-10-14(21)16(23)17(3,13(12)2)19-8-6-18(7-9-19,22(4)5)11-15(19)20/h10,15-16,23H,6-9,11H2,1-5H3. The van der Waals surface area contributed by atoms with E-state index in [1.807, 2.05) is 0 Å². The Morgan fingerprint density at radius 3 is 2.26 bits per heavy atom. The van der Waals surface area contributed by atoms with E-state index in [0.29, 0.717) is 0 Å². The summed E-state index contributed by atoms with van der Waals surface area (Å²) in [5.41, 5.74) is 2.64. The van der Waals surface area contributed by atoms with Crippen molar-refractivity contribution in [2.45, 2.75) is 69.9 Å². The van der Waals surface area contributed by atoms with E-state index in [4.69, 9.17) is 11.6 Å². The number of nitrogens with zero attached hydrogens (tertiary/aromatic N) is 1. The molecule has 23 heavy (non-hydrogen) atoms. The molecule has 4 aliphatic carbocycles. The van der Waals surface area contributed by atoms with Gasteiger partial charge in [0.2, 0.25) is 0 Å². The molecule has 0 aliphatic heterocycles. The summed E-state index contributed by atoms with van der Waals surface area (Å²) in [6, 6.07) is 0. The van der Waals surface area contributed by atoms with Gasteiger partial charge in [0.05, 0.1) is 6.10 Å². The first-order valence-electron chi connectivity index (χ1n) is 8.65. The molecule has 4 heteroatoms. The molecule has 0 aromatic carbocycles. The molecule has 4 rings (SSSR count). The fourth-order valence-corrected chi connectivity index (χ4v) is 7.43. The minimum absolute atomic E-state index is 0.00174. The second-order valence-corrected chi connectivity index (χ2v) is 10.2. The summed E-state index contributed by atoms with van der Waals surface area (Å²) in [6.07, 6.45) is 7.35. The molecule has 3 unspecified atom stereocenters. The van der Waals surface area contributed by atoms with Crippen LogP contribution in [0.2, 0.25) is 0 Å². The van der Waals surface area contributed by atoms with E-state index >= 15 is 0 Å². The highest BCUT2D eigenvalue weighted by atomic mass is 127. The summed E-state index contributed by atoms with van der Waals surface area (Å²) in [5.74, 6) is 0. The lowest BCUT2D eigenvalue weighted by molar-refractivity contribution is -0.114. The van der Waals surface area contributed by atoms with Crippen molar-refractivity contribution in [3.8, 4) is 0 Å².